The van der Waals surface area contributed by atoms with Crippen LogP contribution in [0, 0.1) is 0 Å². The maximum Gasteiger partial charge on any atom is 0.0443 e. The first-order valence-corrected chi connectivity index (χ1v) is 5.43. The van der Waals surface area contributed by atoms with Crippen molar-refractivity contribution in [3.8, 4) is 0 Å². The Balaban J connectivity index is 2.31. The standard InChI is InChI=1S/C11H9N3S/c12-14-13-7-2-4-9-3-1-5-11-10(9)6-8-15-11/h1-6,8H,7H2. The van der Waals surface area contributed by atoms with Gasteiger partial charge in [-0.2, -0.15) is 0 Å². The van der Waals surface area contributed by atoms with Crippen LogP contribution in [0.15, 0.2) is 40.8 Å². The Morgan fingerprint density at radius 3 is 3.20 bits per heavy atom. The molecular formula is C11H9N3S. The molecule has 0 radical (unpaired) electrons. The van der Waals surface area contributed by atoms with Crippen molar-refractivity contribution in [2.24, 2.45) is 5.11 Å². The number of rotatable bonds is 3. The van der Waals surface area contributed by atoms with Crippen LogP contribution >= 0.6 is 11.3 Å². The van der Waals surface area contributed by atoms with Crippen LogP contribution in [0.5, 0.6) is 0 Å². The number of benzene rings is 1. The Morgan fingerprint density at radius 1 is 1.40 bits per heavy atom. The van der Waals surface area contributed by atoms with Crippen LogP contribution in [-0.2, 0) is 0 Å². The van der Waals surface area contributed by atoms with Gasteiger partial charge in [0.15, 0.2) is 0 Å². The van der Waals surface area contributed by atoms with E-state index >= 15 is 0 Å². The quantitative estimate of drug-likeness (QED) is 0.418. The fourth-order valence-corrected chi connectivity index (χ4v) is 2.25. The maximum absolute atomic E-state index is 8.13. The third-order valence-electron chi connectivity index (χ3n) is 2.08. The zero-order valence-electron chi connectivity index (χ0n) is 8.00. The lowest BCUT2D eigenvalue weighted by Crippen LogP contribution is -1.73. The number of hydrogen-bond acceptors (Lipinski definition) is 2. The molecule has 0 saturated heterocycles. The zero-order chi connectivity index (χ0) is 10.5. The predicted octanol–water partition coefficient (Wildman–Crippen LogP) is 4.22. The van der Waals surface area contributed by atoms with Gasteiger partial charge in [0.2, 0.25) is 0 Å². The SMILES string of the molecule is [N-]=[N+]=NCC=Cc1cccc2sccc12. The average molecular weight is 215 g/mol. The first-order valence-electron chi connectivity index (χ1n) is 4.55. The Bertz CT molecular complexity index is 536. The molecule has 4 heteroatoms. The van der Waals surface area contributed by atoms with Crippen LogP contribution in [0.25, 0.3) is 26.6 Å². The van der Waals surface area contributed by atoms with E-state index < -0.39 is 0 Å². The van der Waals surface area contributed by atoms with Crippen molar-refractivity contribution < 1.29 is 0 Å². The van der Waals surface area contributed by atoms with Gasteiger partial charge in [0.05, 0.1) is 0 Å². The van der Waals surface area contributed by atoms with Gasteiger partial charge >= 0.3 is 0 Å². The molecule has 2 aromatic rings. The summed E-state index contributed by atoms with van der Waals surface area (Å²) in [5, 5.41) is 6.78. The molecule has 0 aliphatic rings. The minimum absolute atomic E-state index is 0.400. The van der Waals surface area contributed by atoms with Crippen molar-refractivity contribution in [2.45, 2.75) is 0 Å². The van der Waals surface area contributed by atoms with Crippen molar-refractivity contribution in [3.63, 3.8) is 0 Å². The van der Waals surface area contributed by atoms with Gasteiger partial charge < -0.3 is 0 Å². The van der Waals surface area contributed by atoms with E-state index in [0.29, 0.717) is 6.54 Å². The Labute approximate surface area is 91.3 Å². The highest BCUT2D eigenvalue weighted by Crippen LogP contribution is 2.24. The number of thiophene rings is 1. The number of fused-ring (bicyclic) bond motifs is 1. The van der Waals surface area contributed by atoms with E-state index in [1.54, 1.807) is 11.3 Å². The molecule has 15 heavy (non-hydrogen) atoms. The van der Waals surface area contributed by atoms with Crippen molar-refractivity contribution in [1.29, 1.82) is 0 Å². The largest absolute Gasteiger partial charge is 0.144 e. The minimum Gasteiger partial charge on any atom is -0.144 e. The Morgan fingerprint density at radius 2 is 2.33 bits per heavy atom. The van der Waals surface area contributed by atoms with Crippen LogP contribution < -0.4 is 0 Å². The molecule has 0 atom stereocenters. The van der Waals surface area contributed by atoms with Gasteiger partial charge in [0, 0.05) is 16.2 Å². The molecular weight excluding hydrogens is 206 g/mol. The summed E-state index contributed by atoms with van der Waals surface area (Å²) in [7, 11) is 0. The highest BCUT2D eigenvalue weighted by molar-refractivity contribution is 7.17. The summed E-state index contributed by atoms with van der Waals surface area (Å²) in [5.74, 6) is 0. The second-order valence-electron chi connectivity index (χ2n) is 3.00. The normalized spacial score (nSPS) is 10.7. The molecule has 1 aromatic carbocycles. The monoisotopic (exact) mass is 215 g/mol. The first-order chi connectivity index (χ1) is 7.42. The molecule has 1 aromatic heterocycles. The molecule has 0 unspecified atom stereocenters. The van der Waals surface area contributed by atoms with Crippen LogP contribution in [0.4, 0.5) is 0 Å². The van der Waals surface area contributed by atoms with Crippen molar-refractivity contribution >= 4 is 27.5 Å². The molecule has 3 nitrogen and oxygen atoms in total. The maximum atomic E-state index is 8.13. The van der Waals surface area contributed by atoms with E-state index in [4.69, 9.17) is 5.53 Å². The molecule has 0 aliphatic carbocycles. The van der Waals surface area contributed by atoms with E-state index in [1.807, 2.05) is 18.2 Å². The summed E-state index contributed by atoms with van der Waals surface area (Å²) in [5.41, 5.74) is 9.30. The van der Waals surface area contributed by atoms with Crippen LogP contribution in [0.3, 0.4) is 0 Å². The second-order valence-corrected chi connectivity index (χ2v) is 3.94. The molecule has 2 rings (SSSR count). The van der Waals surface area contributed by atoms with Crippen LogP contribution in [-0.4, -0.2) is 6.54 Å². The smallest absolute Gasteiger partial charge is 0.0443 e. The van der Waals surface area contributed by atoms with Crippen molar-refractivity contribution in [3.05, 3.63) is 51.7 Å². The van der Waals surface area contributed by atoms with Gasteiger partial charge in [-0.05, 0) is 34.0 Å². The molecule has 0 fully saturated rings. The fraction of sp³-hybridized carbons (Fsp3) is 0.0909. The average Bonchev–Trinajstić information content (AvgIpc) is 2.73. The highest BCUT2D eigenvalue weighted by atomic mass is 32.1. The Kier molecular flexibility index (Phi) is 3.02. The molecule has 0 aliphatic heterocycles. The second kappa shape index (κ2) is 4.64. The summed E-state index contributed by atoms with van der Waals surface area (Å²) in [4.78, 5) is 2.70. The summed E-state index contributed by atoms with van der Waals surface area (Å²) >= 11 is 1.73. The van der Waals surface area contributed by atoms with E-state index in [-0.39, 0.29) is 0 Å². The van der Waals surface area contributed by atoms with Gasteiger partial charge in [0.1, 0.15) is 0 Å². The van der Waals surface area contributed by atoms with E-state index in [1.165, 1.54) is 15.6 Å². The van der Waals surface area contributed by atoms with Crippen LogP contribution in [0.2, 0.25) is 0 Å². The molecule has 0 spiro atoms. The molecule has 1 heterocycles. The number of azide groups is 1. The van der Waals surface area contributed by atoms with Gasteiger partial charge in [-0.1, -0.05) is 29.4 Å². The third kappa shape index (κ3) is 2.18. The molecule has 0 N–H and O–H groups in total. The molecule has 74 valence electrons. The lowest BCUT2D eigenvalue weighted by Gasteiger charge is -1.95. The fourth-order valence-electron chi connectivity index (χ4n) is 1.43. The van der Waals surface area contributed by atoms with Gasteiger partial charge in [0.25, 0.3) is 0 Å². The van der Waals surface area contributed by atoms with E-state index in [9.17, 15) is 0 Å². The summed E-state index contributed by atoms with van der Waals surface area (Å²) in [6, 6.07) is 8.30. The van der Waals surface area contributed by atoms with Crippen molar-refractivity contribution in [1.82, 2.24) is 0 Å². The third-order valence-corrected chi connectivity index (χ3v) is 2.96. The van der Waals surface area contributed by atoms with Crippen LogP contribution in [0.1, 0.15) is 5.56 Å². The topological polar surface area (TPSA) is 48.8 Å². The lowest BCUT2D eigenvalue weighted by atomic mass is 10.1. The lowest BCUT2D eigenvalue weighted by molar-refractivity contribution is 1.22. The first kappa shape index (κ1) is 9.77. The summed E-state index contributed by atoms with van der Waals surface area (Å²) in [6.07, 6.45) is 3.86. The van der Waals surface area contributed by atoms with Gasteiger partial charge in [-0.15, -0.1) is 11.3 Å². The number of nitrogens with zero attached hydrogens (tertiary/aromatic N) is 3. The molecule has 0 amide bonds. The predicted molar refractivity (Wildman–Crippen MR) is 64.9 cm³/mol. The molecule has 0 bridgehead atoms. The van der Waals surface area contributed by atoms with Crippen molar-refractivity contribution in [2.75, 3.05) is 6.54 Å². The highest BCUT2D eigenvalue weighted by Gasteiger charge is 1.97. The minimum atomic E-state index is 0.400. The van der Waals surface area contributed by atoms with E-state index in [0.717, 1.165) is 0 Å². The number of hydrogen-bond donors (Lipinski definition) is 0. The van der Waals surface area contributed by atoms with Gasteiger partial charge in [-0.25, -0.2) is 0 Å². The summed E-state index contributed by atoms with van der Waals surface area (Å²) in [6.45, 7) is 0.400. The zero-order valence-corrected chi connectivity index (χ0v) is 8.81. The summed E-state index contributed by atoms with van der Waals surface area (Å²) < 4.78 is 1.28. The molecule has 0 saturated carbocycles. The van der Waals surface area contributed by atoms with Gasteiger partial charge in [-0.3, -0.25) is 0 Å². The Hall–Kier alpha value is -1.77. The van der Waals surface area contributed by atoms with E-state index in [2.05, 4.69) is 33.6 Å².